The van der Waals surface area contributed by atoms with Gasteiger partial charge in [-0.05, 0) is 72.5 Å². The van der Waals surface area contributed by atoms with Gasteiger partial charge in [0.2, 0.25) is 6.79 Å². The van der Waals surface area contributed by atoms with Crippen LogP contribution in [0.3, 0.4) is 0 Å². The van der Waals surface area contributed by atoms with Gasteiger partial charge in [-0.1, -0.05) is 0 Å². The van der Waals surface area contributed by atoms with Crippen molar-refractivity contribution in [3.8, 4) is 23.0 Å². The number of ether oxygens (including phenoxy) is 4. The second-order valence-corrected chi connectivity index (χ2v) is 9.83. The molecule has 1 aromatic heterocycles. The number of amides is 1. The third-order valence-corrected chi connectivity index (χ3v) is 7.60. The molecule has 3 aliphatic heterocycles. The standard InChI is InChI=1S/C28H31N3O5/c1-33-24-8-20-13-29-12-19(22(20)10-25(24)34-2)5-7-30-6-3-4-18(14-30)15-31-16-21-9-26-27(36-17-35-26)11-23(21)28(31)32/h8-13,18H,3-7,14-17H2,1-2H3. The minimum atomic E-state index is 0.103. The number of rotatable bonds is 7. The van der Waals surface area contributed by atoms with Crippen LogP contribution in [0.4, 0.5) is 0 Å². The van der Waals surface area contributed by atoms with Crippen molar-refractivity contribution in [2.75, 3.05) is 47.2 Å². The molecule has 1 unspecified atom stereocenters. The molecular formula is C28H31N3O5. The summed E-state index contributed by atoms with van der Waals surface area (Å²) in [6.45, 7) is 4.70. The molecule has 1 saturated heterocycles. The number of hydrogen-bond donors (Lipinski definition) is 0. The van der Waals surface area contributed by atoms with Crippen LogP contribution in [0.25, 0.3) is 10.8 Å². The zero-order valence-electron chi connectivity index (χ0n) is 20.8. The largest absolute Gasteiger partial charge is 0.493 e. The number of piperidine rings is 1. The van der Waals surface area contributed by atoms with E-state index in [4.69, 9.17) is 18.9 Å². The first-order chi connectivity index (χ1) is 17.6. The van der Waals surface area contributed by atoms with Gasteiger partial charge in [0.1, 0.15) is 0 Å². The molecule has 1 atom stereocenters. The van der Waals surface area contributed by atoms with E-state index in [-0.39, 0.29) is 12.7 Å². The molecule has 1 fully saturated rings. The van der Waals surface area contributed by atoms with E-state index in [9.17, 15) is 4.79 Å². The zero-order valence-corrected chi connectivity index (χ0v) is 20.8. The number of aromatic nitrogens is 1. The Kier molecular flexibility index (Phi) is 6.05. The molecule has 0 spiro atoms. The van der Waals surface area contributed by atoms with Crippen molar-refractivity contribution in [1.82, 2.24) is 14.8 Å². The SMILES string of the molecule is COc1cc2cncc(CCN3CCCC(CN4Cc5cc6c(cc5C4=O)OCO6)C3)c2cc1OC. The van der Waals surface area contributed by atoms with Crippen LogP contribution in [0.5, 0.6) is 23.0 Å². The third kappa shape index (κ3) is 4.19. The van der Waals surface area contributed by atoms with E-state index in [1.54, 1.807) is 14.2 Å². The number of hydrogen-bond acceptors (Lipinski definition) is 7. The summed E-state index contributed by atoms with van der Waals surface area (Å²) in [5.41, 5.74) is 2.99. The number of pyridine rings is 1. The van der Waals surface area contributed by atoms with Gasteiger partial charge in [0, 0.05) is 49.5 Å². The number of carbonyl (C=O) groups is 1. The molecule has 6 rings (SSSR count). The van der Waals surface area contributed by atoms with E-state index in [0.29, 0.717) is 24.0 Å². The molecule has 188 valence electrons. The lowest BCUT2D eigenvalue weighted by atomic mass is 9.96. The number of benzene rings is 2. The Bertz CT molecular complexity index is 1310. The van der Waals surface area contributed by atoms with Crippen molar-refractivity contribution in [2.45, 2.75) is 25.8 Å². The smallest absolute Gasteiger partial charge is 0.254 e. The van der Waals surface area contributed by atoms with Gasteiger partial charge in [0.05, 0.1) is 14.2 Å². The van der Waals surface area contributed by atoms with Crippen molar-refractivity contribution in [3.63, 3.8) is 0 Å². The van der Waals surface area contributed by atoms with Crippen LogP contribution >= 0.6 is 0 Å². The highest BCUT2D eigenvalue weighted by Crippen LogP contribution is 2.38. The monoisotopic (exact) mass is 489 g/mol. The topological polar surface area (TPSA) is 73.4 Å². The average molecular weight is 490 g/mol. The lowest BCUT2D eigenvalue weighted by molar-refractivity contribution is 0.0702. The first-order valence-electron chi connectivity index (χ1n) is 12.6. The van der Waals surface area contributed by atoms with Gasteiger partial charge in [0.15, 0.2) is 23.0 Å². The molecular weight excluding hydrogens is 458 g/mol. The summed E-state index contributed by atoms with van der Waals surface area (Å²) < 4.78 is 21.9. The number of nitrogens with zero attached hydrogens (tertiary/aromatic N) is 3. The molecule has 3 aliphatic rings. The van der Waals surface area contributed by atoms with E-state index in [1.807, 2.05) is 41.6 Å². The summed E-state index contributed by atoms with van der Waals surface area (Å²) in [6.07, 6.45) is 7.03. The van der Waals surface area contributed by atoms with Gasteiger partial charge in [-0.3, -0.25) is 9.78 Å². The van der Waals surface area contributed by atoms with Crippen LogP contribution < -0.4 is 18.9 Å². The molecule has 2 aromatic carbocycles. The lowest BCUT2D eigenvalue weighted by Crippen LogP contribution is -2.41. The number of fused-ring (bicyclic) bond motifs is 3. The van der Waals surface area contributed by atoms with Gasteiger partial charge < -0.3 is 28.7 Å². The number of methoxy groups -OCH3 is 2. The maximum atomic E-state index is 13.1. The van der Waals surface area contributed by atoms with E-state index in [0.717, 1.165) is 78.8 Å². The summed E-state index contributed by atoms with van der Waals surface area (Å²) in [6, 6.07) is 7.84. The van der Waals surface area contributed by atoms with E-state index >= 15 is 0 Å². The molecule has 4 heterocycles. The van der Waals surface area contributed by atoms with E-state index < -0.39 is 0 Å². The Labute approximate surface area is 210 Å². The zero-order chi connectivity index (χ0) is 24.6. The Morgan fingerprint density at radius 2 is 1.86 bits per heavy atom. The third-order valence-electron chi connectivity index (χ3n) is 7.60. The molecule has 0 radical (unpaired) electrons. The summed E-state index contributed by atoms with van der Waals surface area (Å²) in [5.74, 6) is 3.43. The first-order valence-corrected chi connectivity index (χ1v) is 12.6. The maximum absolute atomic E-state index is 13.1. The quantitative estimate of drug-likeness (QED) is 0.499. The highest BCUT2D eigenvalue weighted by atomic mass is 16.7. The molecule has 3 aromatic rings. The second-order valence-electron chi connectivity index (χ2n) is 9.83. The Morgan fingerprint density at radius 3 is 2.69 bits per heavy atom. The molecule has 1 amide bonds. The predicted octanol–water partition coefficient (Wildman–Crippen LogP) is 3.89. The lowest BCUT2D eigenvalue weighted by Gasteiger charge is -2.34. The number of carbonyl (C=O) groups excluding carboxylic acids is 1. The van der Waals surface area contributed by atoms with Gasteiger partial charge >= 0.3 is 0 Å². The summed E-state index contributed by atoms with van der Waals surface area (Å²) in [4.78, 5) is 22.1. The van der Waals surface area contributed by atoms with Crippen LogP contribution in [-0.4, -0.2) is 67.9 Å². The minimum Gasteiger partial charge on any atom is -0.493 e. The van der Waals surface area contributed by atoms with Gasteiger partial charge in [-0.2, -0.15) is 0 Å². The van der Waals surface area contributed by atoms with Crippen LogP contribution in [-0.2, 0) is 13.0 Å². The van der Waals surface area contributed by atoms with Crippen LogP contribution in [0, 0.1) is 5.92 Å². The second kappa shape index (κ2) is 9.50. The van der Waals surface area contributed by atoms with Crippen molar-refractivity contribution >= 4 is 16.7 Å². The molecule has 0 N–H and O–H groups in total. The Balaban J connectivity index is 1.10. The fraction of sp³-hybridized carbons (Fsp3) is 0.429. The first kappa shape index (κ1) is 22.9. The minimum absolute atomic E-state index is 0.103. The summed E-state index contributed by atoms with van der Waals surface area (Å²) in [5, 5.41) is 2.20. The fourth-order valence-corrected chi connectivity index (χ4v) is 5.76. The predicted molar refractivity (Wildman–Crippen MR) is 135 cm³/mol. The fourth-order valence-electron chi connectivity index (χ4n) is 5.76. The molecule has 36 heavy (non-hydrogen) atoms. The van der Waals surface area contributed by atoms with Gasteiger partial charge in [-0.25, -0.2) is 0 Å². The van der Waals surface area contributed by atoms with Crippen molar-refractivity contribution in [3.05, 3.63) is 53.3 Å². The molecule has 0 bridgehead atoms. The van der Waals surface area contributed by atoms with Crippen LogP contribution in [0.15, 0.2) is 36.7 Å². The molecule has 0 aliphatic carbocycles. The van der Waals surface area contributed by atoms with Crippen molar-refractivity contribution < 1.29 is 23.7 Å². The van der Waals surface area contributed by atoms with Crippen LogP contribution in [0.1, 0.15) is 34.3 Å². The Morgan fingerprint density at radius 1 is 1.06 bits per heavy atom. The summed E-state index contributed by atoms with van der Waals surface area (Å²) >= 11 is 0. The summed E-state index contributed by atoms with van der Waals surface area (Å²) in [7, 11) is 3.31. The molecule has 0 saturated carbocycles. The molecule has 8 nitrogen and oxygen atoms in total. The normalized spacial score (nSPS) is 19.1. The number of likely N-dealkylation sites (tertiary alicyclic amines) is 1. The van der Waals surface area contributed by atoms with E-state index in [2.05, 4.69) is 9.88 Å². The highest BCUT2D eigenvalue weighted by Gasteiger charge is 2.33. The Hall–Kier alpha value is -3.52. The van der Waals surface area contributed by atoms with Gasteiger partial charge in [0.25, 0.3) is 5.91 Å². The average Bonchev–Trinajstić information content (AvgIpc) is 3.48. The maximum Gasteiger partial charge on any atom is 0.254 e. The molecule has 8 heteroatoms. The van der Waals surface area contributed by atoms with Crippen molar-refractivity contribution in [1.29, 1.82) is 0 Å². The van der Waals surface area contributed by atoms with Crippen LogP contribution in [0.2, 0.25) is 0 Å². The van der Waals surface area contributed by atoms with E-state index in [1.165, 1.54) is 5.56 Å². The van der Waals surface area contributed by atoms with Gasteiger partial charge in [-0.15, -0.1) is 0 Å². The van der Waals surface area contributed by atoms with Crippen molar-refractivity contribution in [2.24, 2.45) is 5.92 Å². The highest BCUT2D eigenvalue weighted by molar-refractivity contribution is 5.99.